The molecular weight excluding hydrogens is 330 g/mol. The van der Waals surface area contributed by atoms with E-state index in [2.05, 4.69) is 39.0 Å². The monoisotopic (exact) mass is 343 g/mol. The lowest BCUT2D eigenvalue weighted by atomic mass is 10.1. The van der Waals surface area contributed by atoms with Crippen LogP contribution in [0.2, 0.25) is 0 Å². The SMILES string of the molecule is O=C(O)/C=C/c1ccc(Br)cc1N1CCc2ccccc21. The number of anilines is 2. The Labute approximate surface area is 131 Å². The van der Waals surface area contributed by atoms with E-state index in [1.165, 1.54) is 17.3 Å². The van der Waals surface area contributed by atoms with E-state index < -0.39 is 5.97 Å². The van der Waals surface area contributed by atoms with Gasteiger partial charge in [0, 0.05) is 28.5 Å². The largest absolute Gasteiger partial charge is 0.478 e. The van der Waals surface area contributed by atoms with Crippen LogP contribution < -0.4 is 4.90 Å². The van der Waals surface area contributed by atoms with Gasteiger partial charge in [-0.25, -0.2) is 4.79 Å². The molecule has 106 valence electrons. The molecule has 0 fully saturated rings. The normalized spacial score (nSPS) is 13.7. The Hall–Kier alpha value is -2.07. The number of para-hydroxylation sites is 1. The molecule has 1 heterocycles. The molecule has 0 atom stereocenters. The summed E-state index contributed by atoms with van der Waals surface area (Å²) in [5.74, 6) is -0.939. The van der Waals surface area contributed by atoms with Gasteiger partial charge in [0.1, 0.15) is 0 Å². The van der Waals surface area contributed by atoms with Gasteiger partial charge < -0.3 is 10.0 Å². The van der Waals surface area contributed by atoms with Gasteiger partial charge in [-0.2, -0.15) is 0 Å². The van der Waals surface area contributed by atoms with Gasteiger partial charge in [-0.3, -0.25) is 0 Å². The number of carbonyl (C=O) groups is 1. The predicted molar refractivity (Wildman–Crippen MR) is 88.0 cm³/mol. The molecule has 3 rings (SSSR count). The fourth-order valence-corrected chi connectivity index (χ4v) is 2.99. The van der Waals surface area contributed by atoms with Crippen LogP contribution >= 0.6 is 15.9 Å². The zero-order chi connectivity index (χ0) is 14.8. The molecule has 0 saturated heterocycles. The van der Waals surface area contributed by atoms with Gasteiger partial charge in [-0.05, 0) is 41.8 Å². The summed E-state index contributed by atoms with van der Waals surface area (Å²) in [6.45, 7) is 0.906. The lowest BCUT2D eigenvalue weighted by molar-refractivity contribution is -0.131. The first-order valence-corrected chi connectivity index (χ1v) is 7.50. The van der Waals surface area contributed by atoms with E-state index >= 15 is 0 Å². The number of carboxylic acids is 1. The maximum Gasteiger partial charge on any atom is 0.328 e. The molecule has 0 spiro atoms. The molecule has 3 nitrogen and oxygen atoms in total. The van der Waals surface area contributed by atoms with Gasteiger partial charge in [0.05, 0.1) is 0 Å². The molecular formula is C17H14BrNO2. The van der Waals surface area contributed by atoms with Gasteiger partial charge in [0.2, 0.25) is 0 Å². The summed E-state index contributed by atoms with van der Waals surface area (Å²) in [5, 5.41) is 8.83. The van der Waals surface area contributed by atoms with E-state index in [4.69, 9.17) is 5.11 Å². The Bertz CT molecular complexity index is 724. The number of rotatable bonds is 3. The molecule has 0 radical (unpaired) electrons. The molecule has 0 unspecified atom stereocenters. The van der Waals surface area contributed by atoms with Gasteiger partial charge >= 0.3 is 5.97 Å². The maximum absolute atomic E-state index is 10.8. The molecule has 21 heavy (non-hydrogen) atoms. The van der Waals surface area contributed by atoms with Crippen molar-refractivity contribution in [3.8, 4) is 0 Å². The summed E-state index contributed by atoms with van der Waals surface area (Å²) in [6.07, 6.45) is 3.82. The first-order chi connectivity index (χ1) is 10.1. The molecule has 1 N–H and O–H groups in total. The molecule has 0 saturated carbocycles. The van der Waals surface area contributed by atoms with Crippen LogP contribution in [0.25, 0.3) is 6.08 Å². The number of hydrogen-bond acceptors (Lipinski definition) is 2. The predicted octanol–water partition coefficient (Wildman–Crippen LogP) is 4.24. The fraction of sp³-hybridized carbons (Fsp3) is 0.118. The zero-order valence-corrected chi connectivity index (χ0v) is 12.9. The minimum atomic E-state index is -0.939. The summed E-state index contributed by atoms with van der Waals surface area (Å²) < 4.78 is 0.981. The smallest absolute Gasteiger partial charge is 0.328 e. The molecule has 0 amide bonds. The fourth-order valence-electron chi connectivity index (χ4n) is 2.64. The van der Waals surface area contributed by atoms with Crippen molar-refractivity contribution in [1.82, 2.24) is 0 Å². The standard InChI is InChI=1S/C17H14BrNO2/c18-14-7-5-13(6-8-17(20)21)16(11-14)19-10-9-12-3-1-2-4-15(12)19/h1-8,11H,9-10H2,(H,20,21)/b8-6+. The average molecular weight is 344 g/mol. The van der Waals surface area contributed by atoms with E-state index in [-0.39, 0.29) is 0 Å². The molecule has 0 aromatic heterocycles. The van der Waals surface area contributed by atoms with Crippen LogP contribution in [0.1, 0.15) is 11.1 Å². The Kier molecular flexibility index (Phi) is 3.80. The lowest BCUT2D eigenvalue weighted by Gasteiger charge is -2.22. The quantitative estimate of drug-likeness (QED) is 0.847. The topological polar surface area (TPSA) is 40.5 Å². The zero-order valence-electron chi connectivity index (χ0n) is 11.3. The highest BCUT2D eigenvalue weighted by Crippen LogP contribution is 2.37. The van der Waals surface area contributed by atoms with Gasteiger partial charge in [0.15, 0.2) is 0 Å². The second-order valence-corrected chi connectivity index (χ2v) is 5.82. The first kappa shape index (κ1) is 13.9. The number of nitrogens with zero attached hydrogens (tertiary/aromatic N) is 1. The highest BCUT2D eigenvalue weighted by Gasteiger charge is 2.21. The third-order valence-corrected chi connectivity index (χ3v) is 4.07. The van der Waals surface area contributed by atoms with Crippen LogP contribution in [-0.2, 0) is 11.2 Å². The second kappa shape index (κ2) is 5.74. The van der Waals surface area contributed by atoms with E-state index in [1.807, 2.05) is 24.3 Å². The van der Waals surface area contributed by atoms with Crippen molar-refractivity contribution in [2.75, 3.05) is 11.4 Å². The first-order valence-electron chi connectivity index (χ1n) is 6.71. The van der Waals surface area contributed by atoms with Crippen molar-refractivity contribution in [2.24, 2.45) is 0 Å². The Morgan fingerprint density at radius 3 is 2.81 bits per heavy atom. The second-order valence-electron chi connectivity index (χ2n) is 4.91. The molecule has 1 aliphatic heterocycles. The molecule has 0 bridgehead atoms. The minimum absolute atomic E-state index is 0.900. The lowest BCUT2D eigenvalue weighted by Crippen LogP contribution is -2.14. The van der Waals surface area contributed by atoms with Crippen LogP contribution in [0.4, 0.5) is 11.4 Å². The Morgan fingerprint density at radius 2 is 2.00 bits per heavy atom. The molecule has 4 heteroatoms. The van der Waals surface area contributed by atoms with Crippen LogP contribution in [0.15, 0.2) is 53.0 Å². The van der Waals surface area contributed by atoms with Crippen molar-refractivity contribution in [3.63, 3.8) is 0 Å². The third-order valence-electron chi connectivity index (χ3n) is 3.58. The van der Waals surface area contributed by atoms with Crippen LogP contribution in [0, 0.1) is 0 Å². The highest BCUT2D eigenvalue weighted by atomic mass is 79.9. The number of benzene rings is 2. The molecule has 2 aromatic carbocycles. The van der Waals surface area contributed by atoms with Crippen LogP contribution in [0.3, 0.4) is 0 Å². The third kappa shape index (κ3) is 2.85. The van der Waals surface area contributed by atoms with Gasteiger partial charge in [-0.1, -0.05) is 40.2 Å². The van der Waals surface area contributed by atoms with Crippen molar-refractivity contribution in [1.29, 1.82) is 0 Å². The summed E-state index contributed by atoms with van der Waals surface area (Å²) in [7, 11) is 0. The summed E-state index contributed by atoms with van der Waals surface area (Å²) in [6, 6.07) is 14.2. The number of hydrogen-bond donors (Lipinski definition) is 1. The summed E-state index contributed by atoms with van der Waals surface area (Å²) in [5.41, 5.74) is 4.44. The Morgan fingerprint density at radius 1 is 1.19 bits per heavy atom. The van der Waals surface area contributed by atoms with Crippen LogP contribution in [0.5, 0.6) is 0 Å². The number of halogens is 1. The molecule has 0 aliphatic carbocycles. The molecule has 2 aromatic rings. The van der Waals surface area contributed by atoms with Gasteiger partial charge in [-0.15, -0.1) is 0 Å². The number of aliphatic carboxylic acids is 1. The molecule has 1 aliphatic rings. The number of carboxylic acid groups (broad SMARTS) is 1. The van der Waals surface area contributed by atoms with E-state index in [9.17, 15) is 4.79 Å². The average Bonchev–Trinajstić information content (AvgIpc) is 2.89. The summed E-state index contributed by atoms with van der Waals surface area (Å²) in [4.78, 5) is 13.0. The highest BCUT2D eigenvalue weighted by molar-refractivity contribution is 9.10. The van der Waals surface area contributed by atoms with Crippen molar-refractivity contribution >= 4 is 39.4 Å². The van der Waals surface area contributed by atoms with Crippen molar-refractivity contribution < 1.29 is 9.90 Å². The Balaban J connectivity index is 2.06. The summed E-state index contributed by atoms with van der Waals surface area (Å²) >= 11 is 3.50. The van der Waals surface area contributed by atoms with Crippen LogP contribution in [-0.4, -0.2) is 17.6 Å². The van der Waals surface area contributed by atoms with Gasteiger partial charge in [0.25, 0.3) is 0 Å². The van der Waals surface area contributed by atoms with E-state index in [0.29, 0.717) is 0 Å². The van der Waals surface area contributed by atoms with E-state index in [1.54, 1.807) is 6.08 Å². The van der Waals surface area contributed by atoms with E-state index in [0.717, 1.165) is 28.7 Å². The van der Waals surface area contributed by atoms with Crippen molar-refractivity contribution in [3.05, 3.63) is 64.1 Å². The minimum Gasteiger partial charge on any atom is -0.478 e. The number of fused-ring (bicyclic) bond motifs is 1. The van der Waals surface area contributed by atoms with Crippen molar-refractivity contribution in [2.45, 2.75) is 6.42 Å². The maximum atomic E-state index is 10.8.